The molecule has 0 amide bonds. The molecule has 1 aromatic carbocycles. The Morgan fingerprint density at radius 1 is 1.08 bits per heavy atom. The van der Waals surface area contributed by atoms with E-state index in [-0.39, 0.29) is 0 Å². The van der Waals surface area contributed by atoms with Crippen molar-refractivity contribution in [1.82, 2.24) is 14.9 Å². The summed E-state index contributed by atoms with van der Waals surface area (Å²) in [7, 11) is 3.23. The van der Waals surface area contributed by atoms with Crippen LogP contribution < -0.4 is 9.47 Å². The Labute approximate surface area is 147 Å². The van der Waals surface area contributed by atoms with E-state index in [2.05, 4.69) is 21.6 Å². The molecule has 2 aromatic heterocycles. The van der Waals surface area contributed by atoms with Crippen LogP contribution in [0.1, 0.15) is 4.88 Å². The van der Waals surface area contributed by atoms with Crippen LogP contribution in [0.15, 0.2) is 46.0 Å². The fraction of sp³-hybridized carbons (Fsp3) is 0.188. The fourth-order valence-electron chi connectivity index (χ4n) is 2.45. The van der Waals surface area contributed by atoms with Gasteiger partial charge in [0.1, 0.15) is 0 Å². The molecule has 0 atom stereocenters. The first-order valence-electron chi connectivity index (χ1n) is 7.22. The molecule has 0 unspecified atom stereocenters. The van der Waals surface area contributed by atoms with E-state index in [0.717, 1.165) is 22.2 Å². The highest BCUT2D eigenvalue weighted by Crippen LogP contribution is 2.34. The lowest BCUT2D eigenvalue weighted by atomic mass is 10.2. The molecule has 0 radical (unpaired) electrons. The summed E-state index contributed by atoms with van der Waals surface area (Å²) in [5, 5.41) is 16.1. The number of ether oxygens (including phenoxy) is 2. The van der Waals surface area contributed by atoms with Crippen molar-refractivity contribution < 1.29 is 9.47 Å². The minimum absolute atomic E-state index is 0.651. The smallest absolute Gasteiger partial charge is 0.212 e. The predicted octanol–water partition coefficient (Wildman–Crippen LogP) is 3.38. The number of rotatable bonds is 4. The van der Waals surface area contributed by atoms with Crippen molar-refractivity contribution in [3.63, 3.8) is 0 Å². The Balaban J connectivity index is 1.79. The maximum absolute atomic E-state index is 5.38. The van der Waals surface area contributed by atoms with Crippen LogP contribution in [0.4, 0.5) is 0 Å². The second kappa shape index (κ2) is 6.29. The maximum Gasteiger partial charge on any atom is 0.212 e. The van der Waals surface area contributed by atoms with Gasteiger partial charge < -0.3 is 9.47 Å². The highest BCUT2D eigenvalue weighted by molar-refractivity contribution is 7.99. The van der Waals surface area contributed by atoms with Crippen LogP contribution in [0, 0.1) is 0 Å². The summed E-state index contributed by atoms with van der Waals surface area (Å²) in [6.45, 7) is 0. The first kappa shape index (κ1) is 15.2. The van der Waals surface area contributed by atoms with Gasteiger partial charge in [0.05, 0.1) is 24.8 Å². The molecule has 3 aromatic rings. The van der Waals surface area contributed by atoms with E-state index in [9.17, 15) is 0 Å². The monoisotopic (exact) mass is 358 g/mol. The van der Waals surface area contributed by atoms with E-state index in [4.69, 9.17) is 14.6 Å². The minimum atomic E-state index is 0.651. The average Bonchev–Trinajstić information content (AvgIpc) is 3.30. The van der Waals surface area contributed by atoms with Crippen molar-refractivity contribution in [1.29, 1.82) is 0 Å². The number of thioether (sulfide) groups is 1. The van der Waals surface area contributed by atoms with Gasteiger partial charge in [0.2, 0.25) is 5.16 Å². The fourth-order valence-corrected chi connectivity index (χ4v) is 4.08. The van der Waals surface area contributed by atoms with Crippen molar-refractivity contribution in [3.8, 4) is 22.9 Å². The largest absolute Gasteiger partial charge is 0.493 e. The Bertz CT molecular complexity index is 903. The van der Waals surface area contributed by atoms with Gasteiger partial charge in [0.25, 0.3) is 0 Å². The number of benzene rings is 1. The van der Waals surface area contributed by atoms with Gasteiger partial charge in [-0.1, -0.05) is 17.8 Å². The molecule has 8 heteroatoms. The maximum atomic E-state index is 5.38. The summed E-state index contributed by atoms with van der Waals surface area (Å²) in [5.74, 6) is 2.81. The molecule has 0 saturated carbocycles. The summed E-state index contributed by atoms with van der Waals surface area (Å²) < 4.78 is 12.5. The van der Waals surface area contributed by atoms with Crippen LogP contribution in [0.25, 0.3) is 11.4 Å². The molecule has 0 aliphatic carbocycles. The highest BCUT2D eigenvalue weighted by Gasteiger charge is 2.21. The van der Waals surface area contributed by atoms with Gasteiger partial charge in [-0.2, -0.15) is 9.78 Å². The molecule has 4 rings (SSSR count). The van der Waals surface area contributed by atoms with Crippen molar-refractivity contribution >= 4 is 28.8 Å². The van der Waals surface area contributed by atoms with Gasteiger partial charge in [-0.25, -0.2) is 0 Å². The summed E-state index contributed by atoms with van der Waals surface area (Å²) >= 11 is 3.32. The van der Waals surface area contributed by atoms with Crippen LogP contribution in [-0.4, -0.2) is 40.6 Å². The third-order valence-corrected chi connectivity index (χ3v) is 5.47. The Morgan fingerprint density at radius 3 is 2.71 bits per heavy atom. The third-order valence-electron chi connectivity index (χ3n) is 3.62. The van der Waals surface area contributed by atoms with E-state index in [1.807, 2.05) is 24.3 Å². The summed E-state index contributed by atoms with van der Waals surface area (Å²) in [5.41, 5.74) is 1.91. The molecule has 122 valence electrons. The number of fused-ring (bicyclic) bond motifs is 1. The number of hydrogen-bond acceptors (Lipinski definition) is 7. The van der Waals surface area contributed by atoms with E-state index < -0.39 is 0 Å². The first-order chi connectivity index (χ1) is 11.8. The SMILES string of the molecule is COc1ccc(-c2nnc3n2N=C(c2cccs2)CS3)cc1OC. The van der Waals surface area contributed by atoms with Crippen molar-refractivity contribution in [2.24, 2.45) is 5.10 Å². The highest BCUT2D eigenvalue weighted by atomic mass is 32.2. The topological polar surface area (TPSA) is 61.5 Å². The van der Waals surface area contributed by atoms with Gasteiger partial charge in [-0.05, 0) is 29.6 Å². The lowest BCUT2D eigenvalue weighted by Crippen LogP contribution is -2.12. The lowest BCUT2D eigenvalue weighted by molar-refractivity contribution is 0.355. The zero-order valence-corrected chi connectivity index (χ0v) is 14.7. The Hall–Kier alpha value is -2.32. The molecule has 24 heavy (non-hydrogen) atoms. The molecule has 0 fully saturated rings. The van der Waals surface area contributed by atoms with E-state index in [0.29, 0.717) is 17.3 Å². The summed E-state index contributed by atoms with van der Waals surface area (Å²) in [4.78, 5) is 1.17. The second-order valence-electron chi connectivity index (χ2n) is 5.00. The van der Waals surface area contributed by atoms with Crippen LogP contribution >= 0.6 is 23.1 Å². The predicted molar refractivity (Wildman–Crippen MR) is 95.5 cm³/mol. The Morgan fingerprint density at radius 2 is 1.96 bits per heavy atom. The standard InChI is InChI=1S/C16H14N4O2S2/c1-21-12-6-5-10(8-13(12)22-2)15-17-18-16-20(15)19-11(9-24-16)14-4-3-7-23-14/h3-8H,9H2,1-2H3. The van der Waals surface area contributed by atoms with Crippen LogP contribution in [0.2, 0.25) is 0 Å². The van der Waals surface area contributed by atoms with Crippen LogP contribution in [0.3, 0.4) is 0 Å². The van der Waals surface area contributed by atoms with Crippen LogP contribution in [0.5, 0.6) is 11.5 Å². The van der Waals surface area contributed by atoms with Gasteiger partial charge in [0, 0.05) is 11.3 Å². The number of nitrogens with zero attached hydrogens (tertiary/aromatic N) is 4. The summed E-state index contributed by atoms with van der Waals surface area (Å²) in [6, 6.07) is 9.78. The molecule has 6 nitrogen and oxygen atoms in total. The number of aromatic nitrogens is 3. The second-order valence-corrected chi connectivity index (χ2v) is 6.89. The molecule has 0 saturated heterocycles. The van der Waals surface area contributed by atoms with E-state index in [1.54, 1.807) is 42.0 Å². The molecule has 0 spiro atoms. The zero-order chi connectivity index (χ0) is 16.5. The summed E-state index contributed by atoms with van der Waals surface area (Å²) in [6.07, 6.45) is 0. The van der Waals surface area contributed by atoms with Gasteiger partial charge >= 0.3 is 0 Å². The zero-order valence-electron chi connectivity index (χ0n) is 13.1. The number of hydrogen-bond donors (Lipinski definition) is 0. The number of methoxy groups -OCH3 is 2. The quantitative estimate of drug-likeness (QED) is 0.715. The average molecular weight is 358 g/mol. The molecule has 3 heterocycles. The molecule has 0 bridgehead atoms. The molecule has 1 aliphatic rings. The molecular weight excluding hydrogens is 344 g/mol. The minimum Gasteiger partial charge on any atom is -0.493 e. The molecule has 0 N–H and O–H groups in total. The number of thiophene rings is 1. The van der Waals surface area contributed by atoms with Crippen LogP contribution in [-0.2, 0) is 0 Å². The van der Waals surface area contributed by atoms with E-state index in [1.165, 1.54) is 4.88 Å². The normalized spacial score (nSPS) is 13.3. The van der Waals surface area contributed by atoms with Crippen molar-refractivity contribution in [2.75, 3.05) is 20.0 Å². The van der Waals surface area contributed by atoms with Gasteiger partial charge in [-0.15, -0.1) is 21.5 Å². The molecule has 1 aliphatic heterocycles. The van der Waals surface area contributed by atoms with Gasteiger partial charge in [0.15, 0.2) is 17.3 Å². The lowest BCUT2D eigenvalue weighted by Gasteiger charge is -2.13. The molecular formula is C16H14N4O2S2. The first-order valence-corrected chi connectivity index (χ1v) is 9.09. The Kier molecular flexibility index (Phi) is 3.99. The van der Waals surface area contributed by atoms with Crippen molar-refractivity contribution in [2.45, 2.75) is 5.16 Å². The van der Waals surface area contributed by atoms with E-state index >= 15 is 0 Å². The van der Waals surface area contributed by atoms with Crippen molar-refractivity contribution in [3.05, 3.63) is 40.6 Å². The third kappa shape index (κ3) is 2.57. The van der Waals surface area contributed by atoms with Gasteiger partial charge in [-0.3, -0.25) is 0 Å².